The largest absolute Gasteiger partial charge is 0.493 e. The summed E-state index contributed by atoms with van der Waals surface area (Å²) in [6.45, 7) is 5.60. The number of aromatic nitrogens is 1. The van der Waals surface area contributed by atoms with Gasteiger partial charge >= 0.3 is 0 Å². The van der Waals surface area contributed by atoms with Crippen LogP contribution in [-0.4, -0.2) is 67.6 Å². The van der Waals surface area contributed by atoms with E-state index in [1.165, 1.54) is 7.11 Å². The Morgan fingerprint density at radius 2 is 2.03 bits per heavy atom. The lowest BCUT2D eigenvalue weighted by Gasteiger charge is -2.41. The third kappa shape index (κ3) is 4.44. The maximum Gasteiger partial charge on any atom is 0.263 e. The number of methoxy groups -OCH3 is 1. The third-order valence-corrected chi connectivity index (χ3v) is 5.87. The Morgan fingerprint density at radius 3 is 2.76 bits per heavy atom. The van der Waals surface area contributed by atoms with Gasteiger partial charge in [-0.25, -0.2) is 4.98 Å². The van der Waals surface area contributed by atoms with Crippen molar-refractivity contribution in [3.8, 4) is 11.5 Å². The monoisotopic (exact) mass is 452 g/mol. The van der Waals surface area contributed by atoms with E-state index in [9.17, 15) is 9.59 Å². The van der Waals surface area contributed by atoms with Crippen molar-refractivity contribution < 1.29 is 23.5 Å². The Labute approximate surface area is 192 Å². The number of hydrogen-bond acceptors (Lipinski definition) is 7. The molecule has 2 aromatic heterocycles. The molecule has 0 aliphatic carbocycles. The summed E-state index contributed by atoms with van der Waals surface area (Å²) < 4.78 is 16.8. The lowest BCUT2D eigenvalue weighted by Crippen LogP contribution is -2.56. The fourth-order valence-electron chi connectivity index (χ4n) is 4.13. The minimum atomic E-state index is -0.714. The van der Waals surface area contributed by atoms with Gasteiger partial charge in [-0.1, -0.05) is 0 Å². The molecule has 1 aliphatic rings. The maximum atomic E-state index is 13.2. The molecule has 4 rings (SSSR count). The van der Waals surface area contributed by atoms with Gasteiger partial charge < -0.3 is 29.0 Å². The molecule has 1 aliphatic heterocycles. The van der Waals surface area contributed by atoms with Crippen LogP contribution >= 0.6 is 0 Å². The first-order valence-corrected chi connectivity index (χ1v) is 10.9. The molecule has 0 unspecified atom stereocenters. The molecule has 1 saturated heterocycles. The zero-order chi connectivity index (χ0) is 23.5. The van der Waals surface area contributed by atoms with Crippen LogP contribution in [0.2, 0.25) is 0 Å². The van der Waals surface area contributed by atoms with Crippen molar-refractivity contribution in [2.24, 2.45) is 0 Å². The molecule has 1 N–H and O–H groups in total. The molecule has 33 heavy (non-hydrogen) atoms. The molecule has 3 aromatic rings. The first-order chi connectivity index (χ1) is 15.9. The molecule has 0 spiro atoms. The number of benzene rings is 1. The minimum absolute atomic E-state index is 0.0289. The van der Waals surface area contributed by atoms with Crippen LogP contribution in [0, 0.1) is 0 Å². The summed E-state index contributed by atoms with van der Waals surface area (Å²) in [7, 11) is 3.06. The average molecular weight is 453 g/mol. The second-order valence-corrected chi connectivity index (χ2v) is 8.00. The van der Waals surface area contributed by atoms with Gasteiger partial charge in [0.15, 0.2) is 17.6 Å². The van der Waals surface area contributed by atoms with E-state index in [0.29, 0.717) is 36.7 Å². The number of ether oxygens (including phenoxy) is 2. The first kappa shape index (κ1) is 22.4. The zero-order valence-corrected chi connectivity index (χ0v) is 19.2. The van der Waals surface area contributed by atoms with Crippen molar-refractivity contribution in [1.29, 1.82) is 0 Å². The fraction of sp³-hybridized carbons (Fsp3) is 0.375. The van der Waals surface area contributed by atoms with E-state index in [4.69, 9.17) is 13.9 Å². The predicted octanol–water partition coefficient (Wildman–Crippen LogP) is 2.70. The van der Waals surface area contributed by atoms with Crippen LogP contribution in [0.3, 0.4) is 0 Å². The van der Waals surface area contributed by atoms with Crippen LogP contribution in [0.15, 0.2) is 47.2 Å². The fourth-order valence-corrected chi connectivity index (χ4v) is 4.13. The minimum Gasteiger partial charge on any atom is -0.493 e. The summed E-state index contributed by atoms with van der Waals surface area (Å²) in [6.07, 6.45) is 2.68. The molecule has 0 bridgehead atoms. The van der Waals surface area contributed by atoms with Crippen LogP contribution in [0.4, 0.5) is 5.82 Å². The third-order valence-electron chi connectivity index (χ3n) is 5.87. The van der Waals surface area contributed by atoms with Crippen LogP contribution in [0.1, 0.15) is 24.2 Å². The second-order valence-electron chi connectivity index (χ2n) is 8.00. The molecule has 2 atom stereocenters. The van der Waals surface area contributed by atoms with Crippen molar-refractivity contribution in [3.63, 3.8) is 0 Å². The van der Waals surface area contributed by atoms with Crippen LogP contribution < -0.4 is 19.7 Å². The summed E-state index contributed by atoms with van der Waals surface area (Å²) in [5.41, 5.74) is 1.25. The Hall–Kier alpha value is -3.75. The van der Waals surface area contributed by atoms with Gasteiger partial charge in [0.1, 0.15) is 11.4 Å². The Kier molecular flexibility index (Phi) is 6.39. The molecule has 2 amide bonds. The lowest BCUT2D eigenvalue weighted by atomic mass is 10.1. The van der Waals surface area contributed by atoms with E-state index in [-0.39, 0.29) is 17.9 Å². The summed E-state index contributed by atoms with van der Waals surface area (Å²) in [5, 5.41) is 3.54. The van der Waals surface area contributed by atoms with E-state index in [2.05, 4.69) is 15.2 Å². The number of carbonyl (C=O) groups is 2. The molecule has 174 valence electrons. The van der Waals surface area contributed by atoms with Crippen LogP contribution in [0.5, 0.6) is 11.5 Å². The summed E-state index contributed by atoms with van der Waals surface area (Å²) >= 11 is 0. The number of furan rings is 1. The van der Waals surface area contributed by atoms with Crippen molar-refractivity contribution in [1.82, 2.24) is 15.2 Å². The average Bonchev–Trinajstić information content (AvgIpc) is 3.32. The van der Waals surface area contributed by atoms with E-state index in [1.54, 1.807) is 44.6 Å². The maximum absolute atomic E-state index is 13.2. The van der Waals surface area contributed by atoms with Crippen molar-refractivity contribution in [3.05, 3.63) is 48.4 Å². The van der Waals surface area contributed by atoms with Crippen molar-refractivity contribution in [2.75, 3.05) is 38.7 Å². The molecule has 1 aromatic carbocycles. The number of hydrogen-bond donors (Lipinski definition) is 1. The van der Waals surface area contributed by atoms with Crippen LogP contribution in [0.25, 0.3) is 11.0 Å². The zero-order valence-electron chi connectivity index (χ0n) is 19.2. The number of nitrogens with one attached hydrogen (secondary N) is 1. The molecule has 0 saturated carbocycles. The lowest BCUT2D eigenvalue weighted by molar-refractivity contribution is -0.140. The van der Waals surface area contributed by atoms with Gasteiger partial charge in [0.2, 0.25) is 0 Å². The van der Waals surface area contributed by atoms with Gasteiger partial charge in [0, 0.05) is 44.5 Å². The number of fused-ring (bicyclic) bond motifs is 1. The van der Waals surface area contributed by atoms with E-state index in [0.717, 1.165) is 16.8 Å². The highest BCUT2D eigenvalue weighted by atomic mass is 16.5. The smallest absolute Gasteiger partial charge is 0.263 e. The van der Waals surface area contributed by atoms with E-state index < -0.39 is 6.10 Å². The molecular formula is C24H28N4O5. The van der Waals surface area contributed by atoms with Gasteiger partial charge in [-0.2, -0.15) is 0 Å². The molecule has 3 heterocycles. The summed E-state index contributed by atoms with van der Waals surface area (Å²) in [6, 6.07) is 8.61. The van der Waals surface area contributed by atoms with E-state index >= 15 is 0 Å². The molecule has 0 radical (unpaired) electrons. The number of amides is 2. The van der Waals surface area contributed by atoms with Gasteiger partial charge in [-0.15, -0.1) is 0 Å². The predicted molar refractivity (Wildman–Crippen MR) is 124 cm³/mol. The number of piperazine rings is 1. The number of carbonyl (C=O) groups excluding carboxylic acids is 2. The summed E-state index contributed by atoms with van der Waals surface area (Å²) in [5.74, 6) is 1.34. The highest BCUT2D eigenvalue weighted by Gasteiger charge is 2.32. The van der Waals surface area contributed by atoms with E-state index in [1.807, 2.05) is 24.0 Å². The number of pyridine rings is 1. The number of anilines is 1. The first-order valence-electron chi connectivity index (χ1n) is 10.9. The normalized spacial score (nSPS) is 17.0. The van der Waals surface area contributed by atoms with Gasteiger partial charge in [0.25, 0.3) is 11.8 Å². The highest BCUT2D eigenvalue weighted by molar-refractivity contribution is 5.94. The van der Waals surface area contributed by atoms with Crippen molar-refractivity contribution >= 4 is 28.6 Å². The number of rotatable bonds is 6. The Balaban J connectivity index is 1.43. The molecular weight excluding hydrogens is 424 g/mol. The highest BCUT2D eigenvalue weighted by Crippen LogP contribution is 2.30. The molecule has 9 heteroatoms. The Bertz CT molecular complexity index is 1160. The van der Waals surface area contributed by atoms with Gasteiger partial charge in [-0.05, 0) is 44.2 Å². The SMILES string of the molecule is CNC(=O)c1ccc(O[C@@H](C)C(=O)N2CCN(c3nccc4occc34)C[C@H]2C)c(OC)c1. The Morgan fingerprint density at radius 1 is 1.21 bits per heavy atom. The summed E-state index contributed by atoms with van der Waals surface area (Å²) in [4.78, 5) is 33.6. The van der Waals surface area contributed by atoms with Gasteiger partial charge in [0.05, 0.1) is 18.8 Å². The van der Waals surface area contributed by atoms with Crippen molar-refractivity contribution in [2.45, 2.75) is 26.0 Å². The quantitative estimate of drug-likeness (QED) is 0.614. The second kappa shape index (κ2) is 9.40. The standard InChI is InChI=1S/C24H28N4O5/c1-15-14-27(22-18-8-12-32-19(18)7-9-26-22)10-11-28(15)24(30)16(2)33-20-6-5-17(23(29)25-3)13-21(20)31-4/h5-9,12-13,15-16H,10-11,14H2,1-4H3,(H,25,29)/t15-,16+/m1/s1. The topological polar surface area (TPSA) is 97.1 Å². The van der Waals surface area contributed by atoms with Gasteiger partial charge in [-0.3, -0.25) is 9.59 Å². The van der Waals surface area contributed by atoms with Crippen LogP contribution in [-0.2, 0) is 4.79 Å². The molecule has 1 fully saturated rings. The number of nitrogens with zero attached hydrogens (tertiary/aromatic N) is 3. The molecule has 9 nitrogen and oxygen atoms in total.